The molecule has 0 spiro atoms. The number of aryl methyl sites for hydroxylation is 2. The molecule has 0 amide bonds. The van der Waals surface area contributed by atoms with Crippen molar-refractivity contribution in [2.45, 2.75) is 26.7 Å². The Balaban J connectivity index is 2.37. The summed E-state index contributed by atoms with van der Waals surface area (Å²) < 4.78 is 1.91. The summed E-state index contributed by atoms with van der Waals surface area (Å²) in [4.78, 5) is 18.7. The lowest BCUT2D eigenvalue weighted by atomic mass is 10.1. The minimum absolute atomic E-state index is 0.00630. The second-order valence-corrected chi connectivity index (χ2v) is 4.68. The maximum Gasteiger partial charge on any atom is 0.309 e. The number of imidazole rings is 2. The number of rotatable bonds is 3. The maximum atomic E-state index is 11.0. The molecule has 0 fully saturated rings. The molecule has 0 saturated heterocycles. The van der Waals surface area contributed by atoms with E-state index >= 15 is 0 Å². The lowest BCUT2D eigenvalue weighted by Crippen LogP contribution is -2.04. The van der Waals surface area contributed by atoms with E-state index in [4.69, 9.17) is 5.11 Å². The first-order chi connectivity index (χ1) is 9.11. The molecule has 0 aliphatic rings. The van der Waals surface area contributed by atoms with Crippen LogP contribution in [0.2, 0.25) is 0 Å². The Morgan fingerprint density at radius 3 is 2.95 bits per heavy atom. The molecule has 0 aliphatic carbocycles. The minimum atomic E-state index is -0.836. The van der Waals surface area contributed by atoms with Gasteiger partial charge in [-0.2, -0.15) is 0 Å². The van der Waals surface area contributed by atoms with Crippen molar-refractivity contribution in [2.24, 2.45) is 0 Å². The van der Waals surface area contributed by atoms with Crippen molar-refractivity contribution in [2.75, 3.05) is 0 Å². The molecule has 5 nitrogen and oxygen atoms in total. The Bertz CT molecular complexity index is 783. The Kier molecular flexibility index (Phi) is 2.55. The van der Waals surface area contributed by atoms with Crippen LogP contribution < -0.4 is 0 Å². The molecule has 2 heterocycles. The molecule has 5 heteroatoms. The van der Waals surface area contributed by atoms with Crippen LogP contribution in [0.4, 0.5) is 0 Å². The number of aromatic nitrogens is 3. The predicted molar refractivity (Wildman–Crippen MR) is 72.5 cm³/mol. The molecule has 0 aliphatic heterocycles. The van der Waals surface area contributed by atoms with Gasteiger partial charge < -0.3 is 10.1 Å². The van der Waals surface area contributed by atoms with Crippen molar-refractivity contribution >= 4 is 22.8 Å². The van der Waals surface area contributed by atoms with Crippen molar-refractivity contribution in [1.29, 1.82) is 0 Å². The highest BCUT2D eigenvalue weighted by Crippen LogP contribution is 2.24. The smallest absolute Gasteiger partial charge is 0.309 e. The lowest BCUT2D eigenvalue weighted by Gasteiger charge is -2.01. The summed E-state index contributed by atoms with van der Waals surface area (Å²) in [5.74, 6) is -0.123. The number of benzene rings is 1. The highest BCUT2D eigenvalue weighted by atomic mass is 16.4. The number of hydrogen-bond donors (Lipinski definition) is 2. The average molecular weight is 257 g/mol. The first-order valence-electron chi connectivity index (χ1n) is 6.31. The zero-order valence-electron chi connectivity index (χ0n) is 10.9. The molecule has 0 radical (unpaired) electrons. The first-order valence-corrected chi connectivity index (χ1v) is 6.31. The van der Waals surface area contributed by atoms with Gasteiger partial charge in [0.15, 0.2) is 0 Å². The normalized spacial score (nSPS) is 11.5. The van der Waals surface area contributed by atoms with Gasteiger partial charge >= 0.3 is 5.97 Å². The molecule has 2 aromatic heterocycles. The quantitative estimate of drug-likeness (QED) is 0.756. The molecule has 3 aromatic rings. The average Bonchev–Trinajstić information content (AvgIpc) is 2.86. The number of aliphatic carboxylic acids is 1. The van der Waals surface area contributed by atoms with Gasteiger partial charge in [0.25, 0.3) is 0 Å². The Labute approximate surface area is 109 Å². The molecule has 0 atom stereocenters. The van der Waals surface area contributed by atoms with Gasteiger partial charge in [-0.3, -0.25) is 9.20 Å². The number of hydrogen-bond acceptors (Lipinski definition) is 2. The van der Waals surface area contributed by atoms with E-state index in [9.17, 15) is 4.79 Å². The molecule has 0 saturated carbocycles. The molecule has 0 bridgehead atoms. The van der Waals surface area contributed by atoms with Gasteiger partial charge in [-0.1, -0.05) is 19.1 Å². The van der Waals surface area contributed by atoms with Crippen molar-refractivity contribution in [1.82, 2.24) is 14.4 Å². The van der Waals surface area contributed by atoms with Crippen LogP contribution in [-0.2, 0) is 17.6 Å². The third-order valence-corrected chi connectivity index (χ3v) is 3.47. The molecular formula is C14H15N3O2. The zero-order valence-corrected chi connectivity index (χ0v) is 10.9. The largest absolute Gasteiger partial charge is 0.481 e. The molecule has 0 unspecified atom stereocenters. The SMILES string of the molecule is CCc1cccc2c1nc1[nH]c(C)c(CC(=O)O)n12. The number of nitrogens with zero attached hydrogens (tertiary/aromatic N) is 2. The van der Waals surface area contributed by atoms with Gasteiger partial charge in [0.1, 0.15) is 0 Å². The van der Waals surface area contributed by atoms with Crippen LogP contribution in [0.3, 0.4) is 0 Å². The van der Waals surface area contributed by atoms with Crippen LogP contribution in [0, 0.1) is 6.92 Å². The number of aromatic amines is 1. The fourth-order valence-corrected chi connectivity index (χ4v) is 2.56. The number of H-pyrrole nitrogens is 1. The van der Waals surface area contributed by atoms with Crippen LogP contribution in [0.5, 0.6) is 0 Å². The molecular weight excluding hydrogens is 242 g/mol. The monoisotopic (exact) mass is 257 g/mol. The van der Waals surface area contributed by atoms with Crippen LogP contribution in [0.1, 0.15) is 23.9 Å². The third kappa shape index (κ3) is 1.69. The zero-order chi connectivity index (χ0) is 13.6. The van der Waals surface area contributed by atoms with E-state index in [1.807, 2.05) is 23.5 Å². The van der Waals surface area contributed by atoms with Crippen molar-refractivity contribution in [3.05, 3.63) is 35.2 Å². The van der Waals surface area contributed by atoms with E-state index in [1.165, 1.54) is 5.56 Å². The molecule has 2 N–H and O–H groups in total. The highest BCUT2D eigenvalue weighted by molar-refractivity contribution is 5.84. The summed E-state index contributed by atoms with van der Waals surface area (Å²) in [6, 6.07) is 6.02. The summed E-state index contributed by atoms with van der Waals surface area (Å²) in [5, 5.41) is 9.03. The van der Waals surface area contributed by atoms with E-state index in [0.717, 1.165) is 28.8 Å². The van der Waals surface area contributed by atoms with Crippen LogP contribution in [-0.4, -0.2) is 25.4 Å². The summed E-state index contributed by atoms with van der Waals surface area (Å²) in [6.07, 6.45) is 0.901. The number of carboxylic acids is 1. The second kappa shape index (κ2) is 4.12. The second-order valence-electron chi connectivity index (χ2n) is 4.68. The van der Waals surface area contributed by atoms with E-state index in [0.29, 0.717) is 5.78 Å². The number of para-hydroxylation sites is 1. The van der Waals surface area contributed by atoms with Gasteiger partial charge in [0.05, 0.1) is 23.1 Å². The Hall–Kier alpha value is -2.30. The summed E-state index contributed by atoms with van der Waals surface area (Å²) in [5.41, 5.74) is 4.71. The van der Waals surface area contributed by atoms with E-state index in [1.54, 1.807) is 0 Å². The van der Waals surface area contributed by atoms with Gasteiger partial charge in [-0.25, -0.2) is 4.98 Å². The number of carbonyl (C=O) groups is 1. The van der Waals surface area contributed by atoms with E-state index < -0.39 is 5.97 Å². The van der Waals surface area contributed by atoms with E-state index in [-0.39, 0.29) is 6.42 Å². The molecule has 98 valence electrons. The summed E-state index contributed by atoms with van der Waals surface area (Å²) >= 11 is 0. The van der Waals surface area contributed by atoms with Crippen molar-refractivity contribution in [3.8, 4) is 0 Å². The Morgan fingerprint density at radius 1 is 1.47 bits per heavy atom. The highest BCUT2D eigenvalue weighted by Gasteiger charge is 2.16. The number of carboxylic acid groups (broad SMARTS) is 1. The topological polar surface area (TPSA) is 70.4 Å². The molecule has 1 aromatic carbocycles. The third-order valence-electron chi connectivity index (χ3n) is 3.47. The van der Waals surface area contributed by atoms with Gasteiger partial charge in [0.2, 0.25) is 5.78 Å². The van der Waals surface area contributed by atoms with Crippen molar-refractivity contribution in [3.63, 3.8) is 0 Å². The summed E-state index contributed by atoms with van der Waals surface area (Å²) in [6.45, 7) is 3.97. The molecule has 19 heavy (non-hydrogen) atoms. The van der Waals surface area contributed by atoms with Gasteiger partial charge in [-0.15, -0.1) is 0 Å². The summed E-state index contributed by atoms with van der Waals surface area (Å²) in [7, 11) is 0. The van der Waals surface area contributed by atoms with E-state index in [2.05, 4.69) is 23.0 Å². The number of nitrogens with one attached hydrogen (secondary N) is 1. The fourth-order valence-electron chi connectivity index (χ4n) is 2.56. The maximum absolute atomic E-state index is 11.0. The minimum Gasteiger partial charge on any atom is -0.481 e. The number of fused-ring (bicyclic) bond motifs is 3. The van der Waals surface area contributed by atoms with Crippen LogP contribution in [0.15, 0.2) is 18.2 Å². The van der Waals surface area contributed by atoms with Crippen LogP contribution >= 0.6 is 0 Å². The Morgan fingerprint density at radius 2 is 2.26 bits per heavy atom. The first kappa shape index (κ1) is 11.8. The van der Waals surface area contributed by atoms with Gasteiger partial charge in [-0.05, 0) is 25.0 Å². The lowest BCUT2D eigenvalue weighted by molar-refractivity contribution is -0.136. The van der Waals surface area contributed by atoms with Gasteiger partial charge in [0, 0.05) is 5.69 Å². The predicted octanol–water partition coefficient (Wildman–Crippen LogP) is 2.31. The molecule has 3 rings (SSSR count). The van der Waals surface area contributed by atoms with Crippen LogP contribution in [0.25, 0.3) is 16.8 Å². The fraction of sp³-hybridized carbons (Fsp3) is 0.286. The van der Waals surface area contributed by atoms with Crippen molar-refractivity contribution < 1.29 is 9.90 Å². The standard InChI is InChI=1S/C14H15N3O2/c1-3-9-5-4-6-10-13(9)16-14-15-8(2)11(17(10)14)7-12(18)19/h4-6H,3,7H2,1-2H3,(H,15,16)(H,18,19).